The summed E-state index contributed by atoms with van der Waals surface area (Å²) < 4.78 is 30.4. The van der Waals surface area contributed by atoms with Crippen molar-refractivity contribution in [2.45, 2.75) is 34.9 Å². The second-order valence-corrected chi connectivity index (χ2v) is 9.80. The summed E-state index contributed by atoms with van der Waals surface area (Å²) in [7, 11) is -2.05. The van der Waals surface area contributed by atoms with Crippen molar-refractivity contribution in [1.82, 2.24) is 4.90 Å². The number of nitrogens with zero attached hydrogens (tertiary/aromatic N) is 1. The molecule has 2 heterocycles. The molecule has 1 aromatic heterocycles. The quantitative estimate of drug-likeness (QED) is 0.789. The molecule has 1 N–H and O–H groups in total. The lowest BCUT2D eigenvalue weighted by Gasteiger charge is -2.22. The molecule has 3 rings (SSSR count). The molecule has 1 aliphatic heterocycles. The molecule has 0 unspecified atom stereocenters. The van der Waals surface area contributed by atoms with Crippen LogP contribution in [0, 0.1) is 0 Å². The molecule has 144 valence electrons. The van der Waals surface area contributed by atoms with E-state index in [1.165, 1.54) is 35.1 Å². The van der Waals surface area contributed by atoms with Crippen molar-refractivity contribution in [3.8, 4) is 0 Å². The maximum atomic E-state index is 12.6. The lowest BCUT2D eigenvalue weighted by atomic mass is 10.3. The summed E-state index contributed by atoms with van der Waals surface area (Å²) in [5.74, 6) is -0.113. The van der Waals surface area contributed by atoms with E-state index in [1.807, 2.05) is 0 Å². The minimum atomic E-state index is -3.65. The van der Waals surface area contributed by atoms with E-state index in [1.54, 1.807) is 32.2 Å². The van der Waals surface area contributed by atoms with Gasteiger partial charge in [0, 0.05) is 18.4 Å². The van der Waals surface area contributed by atoms with E-state index in [2.05, 4.69) is 5.32 Å². The molecule has 1 aliphatic rings. The van der Waals surface area contributed by atoms with Crippen LogP contribution in [0.25, 0.3) is 0 Å². The maximum absolute atomic E-state index is 12.6. The van der Waals surface area contributed by atoms with Gasteiger partial charge in [0.1, 0.15) is 5.76 Å². The van der Waals surface area contributed by atoms with Crippen LogP contribution in [0.2, 0.25) is 0 Å². The average Bonchev–Trinajstić information content (AvgIpc) is 3.13. The zero-order valence-electron chi connectivity index (χ0n) is 15.0. The number of rotatable bonds is 6. The van der Waals surface area contributed by atoms with Crippen LogP contribution in [0.5, 0.6) is 0 Å². The summed E-state index contributed by atoms with van der Waals surface area (Å²) in [4.78, 5) is 26.4. The first kappa shape index (κ1) is 19.5. The summed E-state index contributed by atoms with van der Waals surface area (Å²) in [6.07, 6.45) is 1.39. The molecule has 27 heavy (non-hydrogen) atoms. The topological polar surface area (TPSA) is 96.7 Å². The molecule has 0 aliphatic carbocycles. The van der Waals surface area contributed by atoms with Gasteiger partial charge in [0.05, 0.1) is 34.4 Å². The van der Waals surface area contributed by atoms with E-state index < -0.39 is 9.84 Å². The van der Waals surface area contributed by atoms with Crippen LogP contribution in [0.15, 0.2) is 50.8 Å². The number of hydrogen-bond acceptors (Lipinski definition) is 6. The van der Waals surface area contributed by atoms with Gasteiger partial charge >= 0.3 is 0 Å². The Morgan fingerprint density at radius 3 is 2.81 bits per heavy atom. The lowest BCUT2D eigenvalue weighted by Crippen LogP contribution is -2.28. The fraction of sp³-hybridized carbons (Fsp3) is 0.333. The Morgan fingerprint density at radius 2 is 2.11 bits per heavy atom. The van der Waals surface area contributed by atoms with Crippen molar-refractivity contribution in [2.24, 2.45) is 0 Å². The fourth-order valence-corrected chi connectivity index (χ4v) is 4.82. The van der Waals surface area contributed by atoms with Crippen molar-refractivity contribution in [1.29, 1.82) is 0 Å². The van der Waals surface area contributed by atoms with Gasteiger partial charge < -0.3 is 14.6 Å². The number of hydrogen-bond donors (Lipinski definition) is 1. The van der Waals surface area contributed by atoms with Crippen LogP contribution in [-0.2, 0) is 26.0 Å². The molecule has 0 spiro atoms. The van der Waals surface area contributed by atoms with Crippen LogP contribution in [0.4, 0.5) is 5.69 Å². The van der Waals surface area contributed by atoms with Crippen molar-refractivity contribution >= 4 is 39.1 Å². The van der Waals surface area contributed by atoms with Gasteiger partial charge in [-0.3, -0.25) is 9.59 Å². The second kappa shape index (κ2) is 7.77. The minimum Gasteiger partial charge on any atom is -0.467 e. The Kier molecular flexibility index (Phi) is 5.61. The molecule has 0 fully saturated rings. The van der Waals surface area contributed by atoms with Crippen LogP contribution < -0.4 is 5.32 Å². The highest BCUT2D eigenvalue weighted by Gasteiger charge is 2.25. The van der Waals surface area contributed by atoms with Gasteiger partial charge in [0.2, 0.25) is 11.8 Å². The van der Waals surface area contributed by atoms with Crippen LogP contribution in [-0.4, -0.2) is 43.2 Å². The number of carbonyl (C=O) groups excluding carboxylic acids is 2. The SMILES string of the molecule is C[C@H]1Sc2ccc(S(=O)(=O)CCC(=O)N(C)Cc3ccco3)cc2NC1=O. The molecule has 0 radical (unpaired) electrons. The fourth-order valence-electron chi connectivity index (χ4n) is 2.64. The summed E-state index contributed by atoms with van der Waals surface area (Å²) in [6, 6.07) is 8.14. The standard InChI is InChI=1S/C18H20N2O5S2/c1-12-18(22)19-15-10-14(5-6-16(15)26-12)27(23,24)9-7-17(21)20(2)11-13-4-3-8-25-13/h3-6,8,10,12H,7,9,11H2,1-2H3,(H,19,22)/t12-/m1/s1. The molecule has 0 bridgehead atoms. The minimum absolute atomic E-state index is 0.0955. The van der Waals surface area contributed by atoms with Gasteiger partial charge in [-0.15, -0.1) is 11.8 Å². The van der Waals surface area contributed by atoms with Gasteiger partial charge in [-0.1, -0.05) is 0 Å². The van der Waals surface area contributed by atoms with E-state index in [0.29, 0.717) is 11.4 Å². The van der Waals surface area contributed by atoms with Gasteiger partial charge in [-0.25, -0.2) is 8.42 Å². The molecular formula is C18H20N2O5S2. The Balaban J connectivity index is 1.65. The second-order valence-electron chi connectivity index (χ2n) is 6.31. The number of furan rings is 1. The maximum Gasteiger partial charge on any atom is 0.237 e. The summed E-state index contributed by atoms with van der Waals surface area (Å²) in [5.41, 5.74) is 0.491. The smallest absolute Gasteiger partial charge is 0.237 e. The third-order valence-electron chi connectivity index (χ3n) is 4.22. The first-order chi connectivity index (χ1) is 12.8. The number of nitrogens with one attached hydrogen (secondary N) is 1. The highest BCUT2D eigenvalue weighted by molar-refractivity contribution is 8.01. The Bertz CT molecular complexity index is 954. The highest BCUT2D eigenvalue weighted by atomic mass is 32.2. The first-order valence-electron chi connectivity index (χ1n) is 8.37. The van der Waals surface area contributed by atoms with E-state index in [0.717, 1.165) is 4.90 Å². The van der Waals surface area contributed by atoms with Crippen molar-refractivity contribution in [3.63, 3.8) is 0 Å². The predicted molar refractivity (Wildman–Crippen MR) is 102 cm³/mol. The third-order valence-corrected chi connectivity index (χ3v) is 7.12. The van der Waals surface area contributed by atoms with Gasteiger partial charge in [0.25, 0.3) is 0 Å². The molecule has 9 heteroatoms. The lowest BCUT2D eigenvalue weighted by molar-refractivity contribution is -0.130. The van der Waals surface area contributed by atoms with Crippen LogP contribution in [0.1, 0.15) is 19.1 Å². The predicted octanol–water partition coefficient (Wildman–Crippen LogP) is 2.53. The van der Waals surface area contributed by atoms with Crippen LogP contribution in [0.3, 0.4) is 0 Å². The molecule has 0 saturated carbocycles. The summed E-state index contributed by atoms with van der Waals surface area (Å²) in [6.45, 7) is 2.07. The van der Waals surface area contributed by atoms with E-state index >= 15 is 0 Å². The largest absolute Gasteiger partial charge is 0.467 e. The normalized spacial score (nSPS) is 16.5. The third kappa shape index (κ3) is 4.54. The molecule has 2 aromatic rings. The highest BCUT2D eigenvalue weighted by Crippen LogP contribution is 2.36. The number of thioether (sulfide) groups is 1. The van der Waals surface area contributed by atoms with Gasteiger partial charge in [-0.2, -0.15) is 0 Å². The zero-order chi connectivity index (χ0) is 19.6. The summed E-state index contributed by atoms with van der Waals surface area (Å²) in [5, 5.41) is 2.50. The number of benzene rings is 1. The Morgan fingerprint density at radius 1 is 1.33 bits per heavy atom. The van der Waals surface area contributed by atoms with Gasteiger partial charge in [-0.05, 0) is 37.3 Å². The Hall–Kier alpha value is -2.26. The molecule has 2 amide bonds. The summed E-state index contributed by atoms with van der Waals surface area (Å²) >= 11 is 1.39. The number of sulfone groups is 1. The van der Waals surface area contributed by atoms with Gasteiger partial charge in [0.15, 0.2) is 9.84 Å². The van der Waals surface area contributed by atoms with E-state index in [9.17, 15) is 18.0 Å². The Labute approximate surface area is 162 Å². The number of amides is 2. The number of carbonyl (C=O) groups is 2. The average molecular weight is 409 g/mol. The molecule has 1 aromatic carbocycles. The van der Waals surface area contributed by atoms with Crippen molar-refractivity contribution in [3.05, 3.63) is 42.4 Å². The monoisotopic (exact) mass is 408 g/mol. The number of fused-ring (bicyclic) bond motifs is 1. The van der Waals surface area contributed by atoms with Crippen LogP contribution >= 0.6 is 11.8 Å². The molecule has 1 atom stereocenters. The number of anilines is 1. The zero-order valence-corrected chi connectivity index (χ0v) is 16.6. The molecule has 0 saturated heterocycles. The first-order valence-corrected chi connectivity index (χ1v) is 10.9. The van der Waals surface area contributed by atoms with Crippen molar-refractivity contribution in [2.75, 3.05) is 18.1 Å². The van der Waals surface area contributed by atoms with E-state index in [-0.39, 0.29) is 40.7 Å². The molecule has 7 nitrogen and oxygen atoms in total. The van der Waals surface area contributed by atoms with Crippen molar-refractivity contribution < 1.29 is 22.4 Å². The molecular weight excluding hydrogens is 388 g/mol. The van der Waals surface area contributed by atoms with E-state index in [4.69, 9.17) is 4.42 Å².